The van der Waals surface area contributed by atoms with Crippen molar-refractivity contribution in [1.82, 2.24) is 9.80 Å². The summed E-state index contributed by atoms with van der Waals surface area (Å²) in [6.07, 6.45) is 5.57. The van der Waals surface area contributed by atoms with E-state index in [0.29, 0.717) is 89.6 Å². The van der Waals surface area contributed by atoms with Gasteiger partial charge in [-0.2, -0.15) is 8.42 Å². The Morgan fingerprint density at radius 3 is 1.92 bits per heavy atom. The first kappa shape index (κ1) is 34.0. The van der Waals surface area contributed by atoms with Crippen molar-refractivity contribution in [3.05, 3.63) is 94.6 Å². The van der Waals surface area contributed by atoms with Crippen molar-refractivity contribution in [2.75, 3.05) is 27.3 Å². The highest BCUT2D eigenvalue weighted by Crippen LogP contribution is 2.39. The van der Waals surface area contributed by atoms with Crippen molar-refractivity contribution in [2.24, 2.45) is 9.98 Å². The summed E-state index contributed by atoms with van der Waals surface area (Å²) in [5.41, 5.74) is 5.54. The lowest BCUT2D eigenvalue weighted by Crippen LogP contribution is -2.35. The lowest BCUT2D eigenvalue weighted by atomic mass is 9.99. The van der Waals surface area contributed by atoms with Gasteiger partial charge in [-0.1, -0.05) is 34.3 Å². The number of benzene rings is 3. The van der Waals surface area contributed by atoms with Gasteiger partial charge in [0.1, 0.15) is 18.1 Å². The van der Waals surface area contributed by atoms with Gasteiger partial charge in [0.05, 0.1) is 48.8 Å². The molecule has 3 aromatic carbocycles. The van der Waals surface area contributed by atoms with Gasteiger partial charge in [0.25, 0.3) is 11.8 Å². The van der Waals surface area contributed by atoms with Gasteiger partial charge in [0, 0.05) is 31.6 Å². The van der Waals surface area contributed by atoms with Crippen LogP contribution >= 0.6 is 0 Å². The normalized spacial score (nSPS) is 19.3. The fourth-order valence-corrected chi connectivity index (χ4v) is 7.27. The van der Waals surface area contributed by atoms with Gasteiger partial charge in [-0.25, -0.2) is 0 Å². The fourth-order valence-electron chi connectivity index (χ4n) is 6.94. The van der Waals surface area contributed by atoms with E-state index in [9.17, 15) is 21.9 Å². The van der Waals surface area contributed by atoms with Gasteiger partial charge in [-0.3, -0.25) is 19.6 Å². The minimum Gasteiger partial charge on any atom is -0.496 e. The molecule has 4 heterocycles. The molecule has 0 saturated carbocycles. The molecule has 4 aliphatic rings. The lowest BCUT2D eigenvalue weighted by molar-refractivity contribution is 0.0770. The van der Waals surface area contributed by atoms with E-state index < -0.39 is 10.5 Å². The van der Waals surface area contributed by atoms with E-state index >= 15 is 0 Å². The Kier molecular flexibility index (Phi) is 8.87. The number of hydrogen-bond donors (Lipinski definition) is 0. The number of carbonyl (C=O) groups is 2. The number of amides is 2. The number of nitrogens with zero attached hydrogens (tertiary/aromatic N) is 4. The highest BCUT2D eigenvalue weighted by molar-refractivity contribution is 7.81. The zero-order valence-electron chi connectivity index (χ0n) is 28.1. The van der Waals surface area contributed by atoms with E-state index in [4.69, 9.17) is 14.2 Å². The molecule has 51 heavy (non-hydrogen) atoms. The molecule has 3 aromatic rings. The Balaban J connectivity index is 1.14. The topological polar surface area (TPSA) is 136 Å². The van der Waals surface area contributed by atoms with Gasteiger partial charge in [-0.15, -0.1) is 0 Å². The van der Waals surface area contributed by atoms with Crippen LogP contribution in [0.1, 0.15) is 50.2 Å². The highest BCUT2D eigenvalue weighted by atomic mass is 32.3. The number of aryl methyl sites for hydroxylation is 2. The minimum absolute atomic E-state index is 0.0823. The number of hydrogen-bond acceptors (Lipinski definition) is 10. The molecule has 7 rings (SSSR count). The molecule has 0 radical (unpaired) electrons. The predicted molar refractivity (Wildman–Crippen MR) is 188 cm³/mol. The van der Waals surface area contributed by atoms with Gasteiger partial charge < -0.3 is 28.2 Å². The highest BCUT2D eigenvalue weighted by Gasteiger charge is 2.35. The van der Waals surface area contributed by atoms with E-state index in [0.717, 1.165) is 16.7 Å². The van der Waals surface area contributed by atoms with E-state index in [1.807, 2.05) is 6.07 Å². The molecule has 0 bridgehead atoms. The first-order valence-corrected chi connectivity index (χ1v) is 17.6. The number of ether oxygens (including phenoxy) is 3. The van der Waals surface area contributed by atoms with Crippen LogP contribution in [0.2, 0.25) is 0 Å². The van der Waals surface area contributed by atoms with Crippen LogP contribution in [0.5, 0.6) is 23.0 Å². The Bertz CT molecular complexity index is 2030. The molecule has 0 aliphatic carbocycles. The SMILES string of the molecule is C=C1C[C@H]2C=Nc3cc(CCc4cc(COc5cc6c(cc5OC)C(=O)N5CC(=C)C[C@H]5C=N6)cc(OS(=O)(=O)F)c4)c(OC)cc3C(=O)N2C1. The van der Waals surface area contributed by atoms with Gasteiger partial charge in [0.15, 0.2) is 11.5 Å². The quantitative estimate of drug-likeness (QED) is 0.195. The second-order valence-electron chi connectivity index (χ2n) is 12.9. The van der Waals surface area contributed by atoms with Crippen molar-refractivity contribution in [2.45, 2.75) is 44.4 Å². The molecular formula is C37H35FN4O8S. The zero-order valence-corrected chi connectivity index (χ0v) is 28.9. The number of methoxy groups -OCH3 is 2. The maximum absolute atomic E-state index is 13.7. The molecule has 2 atom stereocenters. The van der Waals surface area contributed by atoms with Crippen molar-refractivity contribution < 1.29 is 40.3 Å². The average molecular weight is 715 g/mol. The summed E-state index contributed by atoms with van der Waals surface area (Å²) in [4.78, 5) is 39.4. The van der Waals surface area contributed by atoms with Crippen molar-refractivity contribution >= 4 is 46.1 Å². The Hall–Kier alpha value is -5.50. The zero-order chi connectivity index (χ0) is 36.0. The molecule has 0 unspecified atom stereocenters. The van der Waals surface area contributed by atoms with Crippen LogP contribution in [0, 0.1) is 0 Å². The summed E-state index contributed by atoms with van der Waals surface area (Å²) in [6.45, 7) is 8.88. The number of fused-ring (bicyclic) bond motifs is 4. The first-order chi connectivity index (χ1) is 24.4. The summed E-state index contributed by atoms with van der Waals surface area (Å²) >= 11 is 0. The summed E-state index contributed by atoms with van der Waals surface area (Å²) in [5, 5.41) is 0. The molecule has 2 amide bonds. The maximum atomic E-state index is 13.7. The molecule has 12 nitrogen and oxygen atoms in total. The van der Waals surface area contributed by atoms with Crippen LogP contribution in [0.4, 0.5) is 15.3 Å². The van der Waals surface area contributed by atoms with E-state index in [1.165, 1.54) is 26.4 Å². The third kappa shape index (κ3) is 6.96. The molecule has 4 aliphatic heterocycles. The summed E-state index contributed by atoms with van der Waals surface area (Å²) in [7, 11) is -2.35. The Morgan fingerprint density at radius 2 is 1.33 bits per heavy atom. The molecular weight excluding hydrogens is 679 g/mol. The number of halogens is 1. The predicted octanol–water partition coefficient (Wildman–Crippen LogP) is 5.63. The summed E-state index contributed by atoms with van der Waals surface area (Å²) in [6, 6.07) is 11.0. The van der Waals surface area contributed by atoms with Gasteiger partial charge in [-0.05, 0) is 72.7 Å². The Morgan fingerprint density at radius 1 is 0.765 bits per heavy atom. The van der Waals surface area contributed by atoms with E-state index in [-0.39, 0.29) is 36.3 Å². The molecule has 264 valence electrons. The third-order valence-corrected chi connectivity index (χ3v) is 9.71. The van der Waals surface area contributed by atoms with Crippen LogP contribution in [-0.4, -0.2) is 81.9 Å². The molecule has 2 saturated heterocycles. The monoisotopic (exact) mass is 714 g/mol. The first-order valence-electron chi connectivity index (χ1n) is 16.3. The van der Waals surface area contributed by atoms with Crippen LogP contribution < -0.4 is 18.4 Å². The molecule has 0 spiro atoms. The van der Waals surface area contributed by atoms with Crippen molar-refractivity contribution in [3.8, 4) is 23.0 Å². The second kappa shape index (κ2) is 13.3. The van der Waals surface area contributed by atoms with Crippen LogP contribution in [0.15, 0.2) is 76.8 Å². The summed E-state index contributed by atoms with van der Waals surface area (Å²) < 4.78 is 58.6. The van der Waals surface area contributed by atoms with Crippen molar-refractivity contribution in [1.29, 1.82) is 0 Å². The minimum atomic E-state index is -5.32. The smallest absolute Gasteiger partial charge is 0.488 e. The fraction of sp³-hybridized carbons (Fsp3) is 0.297. The Labute approximate surface area is 294 Å². The van der Waals surface area contributed by atoms with E-state index in [2.05, 4.69) is 27.3 Å². The summed E-state index contributed by atoms with van der Waals surface area (Å²) in [5.74, 6) is 0.537. The van der Waals surface area contributed by atoms with E-state index in [1.54, 1.807) is 46.5 Å². The van der Waals surface area contributed by atoms with Crippen LogP contribution in [0.3, 0.4) is 0 Å². The van der Waals surface area contributed by atoms with Crippen molar-refractivity contribution in [3.63, 3.8) is 0 Å². The van der Waals surface area contributed by atoms with Gasteiger partial charge >= 0.3 is 10.5 Å². The molecule has 2 fully saturated rings. The van der Waals surface area contributed by atoms with Crippen LogP contribution in [0.25, 0.3) is 0 Å². The number of aliphatic imine (C=N–C) groups is 2. The standard InChI is InChI=1S/C37H35FN4O8S/c1-21-7-26-16-39-31-12-25(33(47-3)13-29(31)36(43)41(26)18-21)6-5-23-9-24(11-28(10-23)50-51(38,45)46)20-49-35-15-32-30(14-34(35)48-4)37(44)42-19-22(2)8-27(42)17-40-32/h9-17,26-27H,1-2,5-8,18-20H2,3-4H3/t26-,27-/m0/s1. The average Bonchev–Trinajstić information content (AvgIpc) is 3.60. The lowest BCUT2D eigenvalue weighted by Gasteiger charge is -2.20. The molecule has 14 heteroatoms. The maximum Gasteiger partial charge on any atom is 0.488 e. The second-order valence-corrected chi connectivity index (χ2v) is 13.9. The van der Waals surface area contributed by atoms with Crippen LogP contribution in [-0.2, 0) is 30.0 Å². The van der Waals surface area contributed by atoms with Gasteiger partial charge in [0.2, 0.25) is 0 Å². The third-order valence-electron chi connectivity index (χ3n) is 9.32. The molecule has 0 N–H and O–H groups in total. The molecule has 0 aromatic heterocycles. The largest absolute Gasteiger partial charge is 0.496 e. The number of rotatable bonds is 10. The number of carbonyl (C=O) groups excluding carboxylic acids is 2.